The van der Waals surface area contributed by atoms with Crippen LogP contribution in [0.15, 0.2) is 47.1 Å². The molecule has 3 rings (SSSR count). The molecule has 130 valence electrons. The molecule has 1 atom stereocenters. The minimum atomic E-state index is -1.18. The smallest absolute Gasteiger partial charge is 0.405 e. The molecule has 0 saturated heterocycles. The van der Waals surface area contributed by atoms with Crippen molar-refractivity contribution in [3.63, 3.8) is 0 Å². The van der Waals surface area contributed by atoms with Gasteiger partial charge in [-0.2, -0.15) is 4.98 Å². The van der Waals surface area contributed by atoms with Crippen LogP contribution in [0.3, 0.4) is 0 Å². The summed E-state index contributed by atoms with van der Waals surface area (Å²) < 4.78 is 18.2. The Hall–Kier alpha value is -3.73. The molecule has 1 aromatic carbocycles. The van der Waals surface area contributed by atoms with E-state index < -0.39 is 12.1 Å². The molecule has 1 amide bonds. The second-order valence-corrected chi connectivity index (χ2v) is 5.32. The molecular weight excluding hydrogens is 339 g/mol. The Bertz CT molecular complexity index is 989. The lowest BCUT2D eigenvalue weighted by molar-refractivity contribution is 0.187. The minimum Gasteiger partial charge on any atom is -0.465 e. The number of hydrogen-bond acceptors (Lipinski definition) is 5. The van der Waals surface area contributed by atoms with Crippen LogP contribution in [-0.2, 0) is 0 Å². The molecule has 0 aliphatic rings. The summed E-state index contributed by atoms with van der Waals surface area (Å²) in [5, 5.41) is 14.7. The Morgan fingerprint density at radius 2 is 2.08 bits per heavy atom. The molecule has 0 fully saturated rings. The third-order valence-electron chi connectivity index (χ3n) is 3.32. The lowest BCUT2D eigenvalue weighted by Gasteiger charge is -2.04. The maximum absolute atomic E-state index is 13.1. The molecule has 3 aromatic rings. The molecule has 1 unspecified atom stereocenters. The lowest BCUT2D eigenvalue weighted by atomic mass is 10.2. The maximum Gasteiger partial charge on any atom is 0.405 e. The average molecular weight is 352 g/mol. The van der Waals surface area contributed by atoms with Crippen LogP contribution < -0.4 is 5.32 Å². The number of carboxylic acid groups (broad SMARTS) is 1. The normalized spacial score (nSPS) is 11.3. The summed E-state index contributed by atoms with van der Waals surface area (Å²) in [4.78, 5) is 19.0. The van der Waals surface area contributed by atoms with Crippen molar-refractivity contribution < 1.29 is 18.8 Å². The molecule has 0 aliphatic carbocycles. The van der Waals surface area contributed by atoms with Gasteiger partial charge in [0.15, 0.2) is 0 Å². The molecule has 0 bridgehead atoms. The zero-order valence-corrected chi connectivity index (χ0v) is 13.6. The number of aromatic nitrogens is 3. The highest BCUT2D eigenvalue weighted by Gasteiger charge is 2.17. The number of halogens is 1. The standard InChI is InChI=1S/C18H13FN4O3/c1-11(21-18(24)25)17-22-16(23-26-17)15-8-7-13(10-20-15)6-5-12-3-2-4-14(19)9-12/h2-4,7-11,21H,1H3,(H,24,25). The van der Waals surface area contributed by atoms with E-state index in [4.69, 9.17) is 9.63 Å². The first-order chi connectivity index (χ1) is 12.5. The van der Waals surface area contributed by atoms with Gasteiger partial charge >= 0.3 is 6.09 Å². The summed E-state index contributed by atoms with van der Waals surface area (Å²) in [7, 11) is 0. The number of nitrogens with one attached hydrogen (secondary N) is 1. The SMILES string of the molecule is CC(NC(=O)O)c1nc(-c2ccc(C#Cc3cccc(F)c3)cn2)no1. The number of rotatable bonds is 3. The second-order valence-electron chi connectivity index (χ2n) is 5.32. The first-order valence-electron chi connectivity index (χ1n) is 7.58. The number of nitrogens with zero attached hydrogens (tertiary/aromatic N) is 3. The van der Waals surface area contributed by atoms with E-state index in [0.29, 0.717) is 16.8 Å². The van der Waals surface area contributed by atoms with E-state index in [9.17, 15) is 9.18 Å². The van der Waals surface area contributed by atoms with Gasteiger partial charge in [-0.25, -0.2) is 9.18 Å². The van der Waals surface area contributed by atoms with Gasteiger partial charge in [0.25, 0.3) is 0 Å². The van der Waals surface area contributed by atoms with Gasteiger partial charge in [-0.3, -0.25) is 4.98 Å². The fourth-order valence-corrected chi connectivity index (χ4v) is 2.07. The summed E-state index contributed by atoms with van der Waals surface area (Å²) in [6.45, 7) is 1.59. The van der Waals surface area contributed by atoms with Crippen LogP contribution in [0, 0.1) is 17.7 Å². The lowest BCUT2D eigenvalue weighted by Crippen LogP contribution is -2.24. The van der Waals surface area contributed by atoms with E-state index in [1.165, 1.54) is 18.3 Å². The molecule has 2 aromatic heterocycles. The predicted molar refractivity (Wildman–Crippen MR) is 89.5 cm³/mol. The van der Waals surface area contributed by atoms with Crippen molar-refractivity contribution in [2.45, 2.75) is 13.0 Å². The van der Waals surface area contributed by atoms with Crippen LogP contribution in [-0.4, -0.2) is 26.3 Å². The summed E-state index contributed by atoms with van der Waals surface area (Å²) in [5.41, 5.74) is 1.67. The average Bonchev–Trinajstić information content (AvgIpc) is 3.10. The summed E-state index contributed by atoms with van der Waals surface area (Å²) in [6, 6.07) is 8.77. The maximum atomic E-state index is 13.1. The Kier molecular flexibility index (Phi) is 4.90. The van der Waals surface area contributed by atoms with Crippen LogP contribution in [0.5, 0.6) is 0 Å². The van der Waals surface area contributed by atoms with E-state index in [2.05, 4.69) is 32.3 Å². The number of benzene rings is 1. The summed E-state index contributed by atoms with van der Waals surface area (Å²) in [5.74, 6) is 5.78. The fourth-order valence-electron chi connectivity index (χ4n) is 2.07. The zero-order chi connectivity index (χ0) is 18.5. The van der Waals surface area contributed by atoms with Gasteiger partial charge in [0, 0.05) is 17.3 Å². The van der Waals surface area contributed by atoms with Crippen molar-refractivity contribution in [3.05, 3.63) is 65.4 Å². The molecule has 0 radical (unpaired) electrons. The van der Waals surface area contributed by atoms with Gasteiger partial charge in [0.1, 0.15) is 17.6 Å². The van der Waals surface area contributed by atoms with Gasteiger partial charge in [0.2, 0.25) is 11.7 Å². The van der Waals surface area contributed by atoms with Crippen LogP contribution in [0.2, 0.25) is 0 Å². The van der Waals surface area contributed by atoms with E-state index >= 15 is 0 Å². The first-order valence-corrected chi connectivity index (χ1v) is 7.58. The molecule has 7 nitrogen and oxygen atoms in total. The summed E-state index contributed by atoms with van der Waals surface area (Å²) in [6.07, 6.45) is 0.355. The third kappa shape index (κ3) is 4.21. The van der Waals surface area contributed by atoms with Crippen molar-refractivity contribution in [2.24, 2.45) is 0 Å². The van der Waals surface area contributed by atoms with E-state index in [1.807, 2.05) is 0 Å². The Labute approximate surface area is 147 Å². The molecule has 2 heterocycles. The number of carbonyl (C=O) groups is 1. The Balaban J connectivity index is 1.74. The van der Waals surface area contributed by atoms with E-state index in [1.54, 1.807) is 31.2 Å². The van der Waals surface area contributed by atoms with Crippen LogP contribution in [0.1, 0.15) is 30.0 Å². The van der Waals surface area contributed by atoms with Crippen molar-refractivity contribution in [2.75, 3.05) is 0 Å². The third-order valence-corrected chi connectivity index (χ3v) is 3.32. The fraction of sp³-hybridized carbons (Fsp3) is 0.111. The van der Waals surface area contributed by atoms with Crippen molar-refractivity contribution in [3.8, 4) is 23.4 Å². The Morgan fingerprint density at radius 3 is 2.77 bits per heavy atom. The highest BCUT2D eigenvalue weighted by molar-refractivity contribution is 5.64. The van der Waals surface area contributed by atoms with Gasteiger partial charge < -0.3 is 14.9 Å². The molecule has 8 heteroatoms. The largest absolute Gasteiger partial charge is 0.465 e. The molecule has 2 N–H and O–H groups in total. The Morgan fingerprint density at radius 1 is 1.27 bits per heavy atom. The van der Waals surface area contributed by atoms with E-state index in [-0.39, 0.29) is 17.5 Å². The van der Waals surface area contributed by atoms with Crippen molar-refractivity contribution in [1.29, 1.82) is 0 Å². The molecule has 0 spiro atoms. The van der Waals surface area contributed by atoms with Gasteiger partial charge in [-0.1, -0.05) is 23.1 Å². The quantitative estimate of drug-likeness (QED) is 0.703. The monoisotopic (exact) mass is 352 g/mol. The number of pyridine rings is 1. The molecule has 0 aliphatic heterocycles. The highest BCUT2D eigenvalue weighted by Crippen LogP contribution is 2.17. The predicted octanol–water partition coefficient (Wildman–Crippen LogP) is 3.00. The van der Waals surface area contributed by atoms with Crippen molar-refractivity contribution >= 4 is 6.09 Å². The van der Waals surface area contributed by atoms with Gasteiger partial charge in [-0.05, 0) is 37.3 Å². The van der Waals surface area contributed by atoms with Crippen molar-refractivity contribution in [1.82, 2.24) is 20.4 Å². The number of hydrogen-bond donors (Lipinski definition) is 2. The first kappa shape index (κ1) is 17.1. The van der Waals surface area contributed by atoms with Crippen LogP contribution in [0.4, 0.5) is 9.18 Å². The minimum absolute atomic E-state index is 0.138. The molecule has 0 saturated carbocycles. The second kappa shape index (κ2) is 7.44. The van der Waals surface area contributed by atoms with Crippen LogP contribution >= 0.6 is 0 Å². The molecule has 26 heavy (non-hydrogen) atoms. The summed E-state index contributed by atoms with van der Waals surface area (Å²) >= 11 is 0. The van der Waals surface area contributed by atoms with Gasteiger partial charge in [-0.15, -0.1) is 0 Å². The van der Waals surface area contributed by atoms with Gasteiger partial charge in [0.05, 0.1) is 0 Å². The number of amides is 1. The zero-order valence-electron chi connectivity index (χ0n) is 13.6. The van der Waals surface area contributed by atoms with Crippen LogP contribution in [0.25, 0.3) is 11.5 Å². The topological polar surface area (TPSA) is 101 Å². The highest BCUT2D eigenvalue weighted by atomic mass is 19.1. The molecular formula is C18H13FN4O3. The van der Waals surface area contributed by atoms with E-state index in [0.717, 1.165) is 0 Å².